The zero-order valence-electron chi connectivity index (χ0n) is 15.6. The van der Waals surface area contributed by atoms with Crippen LogP contribution in [0.25, 0.3) is 10.2 Å². The number of thioether (sulfide) groups is 1. The zero-order valence-corrected chi connectivity index (χ0v) is 17.2. The van der Waals surface area contributed by atoms with Gasteiger partial charge in [0.25, 0.3) is 0 Å². The first-order chi connectivity index (χ1) is 13.3. The first-order valence-corrected chi connectivity index (χ1v) is 10.1. The molecule has 0 radical (unpaired) electrons. The summed E-state index contributed by atoms with van der Waals surface area (Å²) >= 11 is 2.49. The number of ether oxygens (including phenoxy) is 1. The van der Waals surface area contributed by atoms with Gasteiger partial charge in [0.05, 0.1) is 29.6 Å². The van der Waals surface area contributed by atoms with E-state index in [-0.39, 0.29) is 11.5 Å². The van der Waals surface area contributed by atoms with E-state index in [2.05, 4.69) is 16.0 Å². The second-order valence-electron chi connectivity index (χ2n) is 5.93. The minimum absolute atomic E-state index is 0.245. The molecule has 0 aliphatic heterocycles. The van der Waals surface area contributed by atoms with E-state index in [9.17, 15) is 14.9 Å². The summed E-state index contributed by atoms with van der Waals surface area (Å²) in [5, 5.41) is 10.4. The number of nitrogens with zero attached hydrogens (tertiary/aromatic N) is 3. The molecule has 3 aromatic rings. The molecule has 7 nitrogen and oxygen atoms in total. The molecule has 2 N–H and O–H groups in total. The van der Waals surface area contributed by atoms with Crippen LogP contribution in [0.1, 0.15) is 42.5 Å². The summed E-state index contributed by atoms with van der Waals surface area (Å²) in [7, 11) is 1.29. The first-order valence-electron chi connectivity index (χ1n) is 8.10. The number of fused-ring (bicyclic) bond motifs is 1. The minimum Gasteiger partial charge on any atom is -0.465 e. The molecule has 0 saturated heterocycles. The third-order valence-electron chi connectivity index (χ3n) is 4.26. The number of ketones is 1. The van der Waals surface area contributed by atoms with Gasteiger partial charge in [0.2, 0.25) is 5.78 Å². The van der Waals surface area contributed by atoms with Crippen LogP contribution in [0.2, 0.25) is 0 Å². The smallest absolute Gasteiger partial charge is 0.339 e. The van der Waals surface area contributed by atoms with Crippen molar-refractivity contribution in [2.24, 2.45) is 0 Å². The number of carbonyl (C=O) groups excluding carboxylic acids is 2. The summed E-state index contributed by atoms with van der Waals surface area (Å²) in [6.07, 6.45) is 1.82. The van der Waals surface area contributed by atoms with E-state index in [0.29, 0.717) is 48.2 Å². The van der Waals surface area contributed by atoms with Gasteiger partial charge in [-0.1, -0.05) is 0 Å². The number of esters is 1. The molecule has 0 unspecified atom stereocenters. The number of rotatable bonds is 4. The lowest BCUT2D eigenvalue weighted by Gasteiger charge is -2.07. The normalized spacial score (nSPS) is 10.7. The van der Waals surface area contributed by atoms with Crippen molar-refractivity contribution in [3.63, 3.8) is 0 Å². The highest BCUT2D eigenvalue weighted by molar-refractivity contribution is 7.98. The van der Waals surface area contributed by atoms with Crippen LogP contribution in [0, 0.1) is 25.2 Å². The Hall–Kier alpha value is -2.96. The van der Waals surface area contributed by atoms with Crippen LogP contribution in [0.5, 0.6) is 0 Å². The van der Waals surface area contributed by atoms with E-state index < -0.39 is 5.97 Å². The van der Waals surface area contributed by atoms with E-state index >= 15 is 0 Å². The molecule has 3 heterocycles. The fourth-order valence-corrected chi connectivity index (χ4v) is 4.41. The van der Waals surface area contributed by atoms with Crippen molar-refractivity contribution >= 4 is 50.8 Å². The summed E-state index contributed by atoms with van der Waals surface area (Å²) in [5.41, 5.74) is 8.43. The highest BCUT2D eigenvalue weighted by Gasteiger charge is 2.24. The molecule has 0 spiro atoms. The monoisotopic (exact) mass is 412 g/mol. The topological polar surface area (TPSA) is 119 Å². The van der Waals surface area contributed by atoms with Crippen molar-refractivity contribution in [1.82, 2.24) is 9.97 Å². The Morgan fingerprint density at radius 2 is 1.89 bits per heavy atom. The van der Waals surface area contributed by atoms with Crippen molar-refractivity contribution in [2.75, 3.05) is 19.1 Å². The molecule has 0 fully saturated rings. The van der Waals surface area contributed by atoms with E-state index in [1.807, 2.05) is 6.26 Å². The number of aryl methyl sites for hydroxylation is 2. The maximum Gasteiger partial charge on any atom is 0.339 e. The highest BCUT2D eigenvalue weighted by Crippen LogP contribution is 2.36. The Kier molecular flexibility index (Phi) is 5.36. The van der Waals surface area contributed by atoms with Crippen molar-refractivity contribution < 1.29 is 14.3 Å². The number of hydrogen-bond acceptors (Lipinski definition) is 9. The third-order valence-corrected chi connectivity index (χ3v) is 6.07. The van der Waals surface area contributed by atoms with E-state index in [1.54, 1.807) is 26.0 Å². The molecular weight excluding hydrogens is 396 g/mol. The number of pyridine rings is 2. The minimum atomic E-state index is -0.517. The molecule has 142 valence electrons. The second kappa shape index (κ2) is 7.58. The molecule has 0 amide bonds. The molecule has 9 heteroatoms. The van der Waals surface area contributed by atoms with Crippen molar-refractivity contribution in [1.29, 1.82) is 5.26 Å². The van der Waals surface area contributed by atoms with Crippen LogP contribution in [-0.4, -0.2) is 35.1 Å². The first kappa shape index (κ1) is 19.8. The predicted molar refractivity (Wildman–Crippen MR) is 109 cm³/mol. The third kappa shape index (κ3) is 3.21. The summed E-state index contributed by atoms with van der Waals surface area (Å²) < 4.78 is 4.77. The van der Waals surface area contributed by atoms with Crippen LogP contribution in [-0.2, 0) is 4.74 Å². The van der Waals surface area contributed by atoms with E-state index in [1.165, 1.54) is 18.9 Å². The lowest BCUT2D eigenvalue weighted by atomic mass is 10.0. The van der Waals surface area contributed by atoms with Crippen LogP contribution in [0.3, 0.4) is 0 Å². The molecular formula is C19H16N4O3S2. The number of methoxy groups -OCH3 is 1. The van der Waals surface area contributed by atoms with Gasteiger partial charge in [-0.05, 0) is 32.2 Å². The Morgan fingerprint density at radius 1 is 1.21 bits per heavy atom. The number of nitrogen functional groups attached to an aromatic ring is 1. The molecule has 0 bridgehead atoms. The van der Waals surface area contributed by atoms with Gasteiger partial charge in [-0.15, -0.1) is 23.1 Å². The molecule has 0 atom stereocenters. The number of carbonyl (C=O) groups is 2. The largest absolute Gasteiger partial charge is 0.465 e. The van der Waals surface area contributed by atoms with Crippen LogP contribution >= 0.6 is 23.1 Å². The number of nitrogens with two attached hydrogens (primary N) is 1. The van der Waals surface area contributed by atoms with Crippen LogP contribution < -0.4 is 5.73 Å². The van der Waals surface area contributed by atoms with E-state index in [0.717, 1.165) is 11.3 Å². The number of nitriles is 1. The lowest BCUT2D eigenvalue weighted by Crippen LogP contribution is -2.07. The highest BCUT2D eigenvalue weighted by atomic mass is 32.2. The fourth-order valence-electron chi connectivity index (χ4n) is 2.78. The van der Waals surface area contributed by atoms with Crippen molar-refractivity contribution in [2.45, 2.75) is 18.9 Å². The summed E-state index contributed by atoms with van der Waals surface area (Å²) in [4.78, 5) is 34.7. The molecule has 0 aliphatic rings. The number of aromatic nitrogens is 2. The van der Waals surface area contributed by atoms with Gasteiger partial charge in [-0.25, -0.2) is 14.8 Å². The van der Waals surface area contributed by atoms with Gasteiger partial charge in [0, 0.05) is 16.6 Å². The molecule has 0 aliphatic carbocycles. The Bertz CT molecular complexity index is 1180. The standard InChI is InChI=1S/C19H16N4O3S2/c1-8-11(5-10(7-20)17(22-8)27-4)15(24)16-14(21)13-6-12(19(25)26-3)9(2)23-18(13)28-16/h5-6H,21H2,1-4H3. The average Bonchev–Trinajstić information content (AvgIpc) is 3.01. The second-order valence-corrected chi connectivity index (χ2v) is 7.72. The SMILES string of the molecule is COC(=O)c1cc2c(N)c(C(=O)c3cc(C#N)c(SC)nc3C)sc2nc1C. The number of anilines is 1. The Balaban J connectivity index is 2.17. The number of thiophene rings is 1. The van der Waals surface area contributed by atoms with Crippen LogP contribution in [0.4, 0.5) is 5.69 Å². The summed E-state index contributed by atoms with van der Waals surface area (Å²) in [6, 6.07) is 5.20. The maximum absolute atomic E-state index is 13.1. The Labute approximate surface area is 169 Å². The van der Waals surface area contributed by atoms with Gasteiger partial charge in [0.1, 0.15) is 20.8 Å². The lowest BCUT2D eigenvalue weighted by molar-refractivity contribution is 0.0599. The number of hydrogen-bond donors (Lipinski definition) is 1. The van der Waals surface area contributed by atoms with Gasteiger partial charge >= 0.3 is 5.97 Å². The average molecular weight is 412 g/mol. The van der Waals surface area contributed by atoms with E-state index in [4.69, 9.17) is 10.5 Å². The Morgan fingerprint density at radius 3 is 2.50 bits per heavy atom. The van der Waals surface area contributed by atoms with Crippen LogP contribution in [0.15, 0.2) is 17.2 Å². The molecule has 0 saturated carbocycles. The van der Waals surface area contributed by atoms with Gasteiger partial charge in [-0.3, -0.25) is 4.79 Å². The molecule has 3 rings (SSSR count). The predicted octanol–water partition coefficient (Wildman–Crippen LogP) is 3.50. The fraction of sp³-hybridized carbons (Fsp3) is 0.211. The molecule has 28 heavy (non-hydrogen) atoms. The van der Waals surface area contributed by atoms with Crippen molar-refractivity contribution in [3.05, 3.63) is 45.1 Å². The maximum atomic E-state index is 13.1. The molecule has 3 aromatic heterocycles. The van der Waals surface area contributed by atoms with Gasteiger partial charge < -0.3 is 10.5 Å². The summed E-state index contributed by atoms with van der Waals surface area (Å²) in [6.45, 7) is 3.41. The zero-order chi connectivity index (χ0) is 20.6. The van der Waals surface area contributed by atoms with Gasteiger partial charge in [-0.2, -0.15) is 5.26 Å². The van der Waals surface area contributed by atoms with Gasteiger partial charge in [0.15, 0.2) is 0 Å². The molecule has 0 aromatic carbocycles. The van der Waals surface area contributed by atoms with Crippen molar-refractivity contribution in [3.8, 4) is 6.07 Å². The summed E-state index contributed by atoms with van der Waals surface area (Å²) in [5.74, 6) is -0.844. The quantitative estimate of drug-likeness (QED) is 0.393.